The highest BCUT2D eigenvalue weighted by molar-refractivity contribution is 5.15. The zero-order valence-corrected chi connectivity index (χ0v) is 25.9. The highest BCUT2D eigenvalue weighted by Gasteiger charge is 2.27. The topological polar surface area (TPSA) is 0 Å². The maximum absolute atomic E-state index is 2.35. The third-order valence-electron chi connectivity index (χ3n) is 7.69. The minimum Gasteiger partial charge on any atom is -1.00 e. The van der Waals surface area contributed by atoms with Gasteiger partial charge >= 0.3 is 0 Å². The molecule has 0 aliphatic carbocycles. The van der Waals surface area contributed by atoms with Gasteiger partial charge in [-0.1, -0.05) is 152 Å². The van der Waals surface area contributed by atoms with Crippen molar-refractivity contribution >= 4 is 0 Å². The molecule has 0 radical (unpaired) electrons. The van der Waals surface area contributed by atoms with E-state index in [4.69, 9.17) is 0 Å². The lowest BCUT2D eigenvalue weighted by atomic mass is 10.0. The van der Waals surface area contributed by atoms with Gasteiger partial charge in [-0.3, -0.25) is 0 Å². The van der Waals surface area contributed by atoms with Crippen LogP contribution in [-0.2, 0) is 13.1 Å². The van der Waals surface area contributed by atoms with Crippen LogP contribution in [0.3, 0.4) is 0 Å². The first-order chi connectivity index (χ1) is 17.3. The molecule has 2 aromatic carbocycles. The van der Waals surface area contributed by atoms with E-state index in [2.05, 4.69) is 74.5 Å². The summed E-state index contributed by atoms with van der Waals surface area (Å²) in [7, 11) is 0. The molecule has 1 nitrogen and oxygen atoms in total. The fraction of sp³-hybridized carbons (Fsp3) is 0.647. The lowest BCUT2D eigenvalue weighted by Gasteiger charge is -2.39. The summed E-state index contributed by atoms with van der Waals surface area (Å²) in [6.45, 7) is 9.59. The maximum atomic E-state index is 2.35. The van der Waals surface area contributed by atoms with Crippen molar-refractivity contribution in [2.45, 2.75) is 130 Å². The number of quaternary nitrogens is 1. The monoisotopic (exact) mass is 605 g/mol. The molecule has 0 unspecified atom stereocenters. The van der Waals surface area contributed by atoms with Gasteiger partial charge in [0.1, 0.15) is 13.1 Å². The quantitative estimate of drug-likeness (QED) is 0.0742. The van der Waals surface area contributed by atoms with Crippen molar-refractivity contribution < 1.29 is 28.5 Å². The number of nitrogens with zero attached hydrogens (tertiary/aromatic N) is 1. The number of hydrogen-bond acceptors (Lipinski definition) is 0. The largest absolute Gasteiger partial charge is 1.00 e. The van der Waals surface area contributed by atoms with Crippen molar-refractivity contribution in [3.05, 3.63) is 71.8 Å². The fourth-order valence-corrected chi connectivity index (χ4v) is 5.59. The van der Waals surface area contributed by atoms with Crippen LogP contribution in [0.2, 0.25) is 0 Å². The van der Waals surface area contributed by atoms with E-state index in [1.165, 1.54) is 145 Å². The minimum atomic E-state index is 0. The molecule has 204 valence electrons. The average molecular weight is 606 g/mol. The average Bonchev–Trinajstić information content (AvgIpc) is 2.88. The lowest BCUT2D eigenvalue weighted by Crippen LogP contribution is -3.00. The highest BCUT2D eigenvalue weighted by Crippen LogP contribution is 2.24. The Morgan fingerprint density at radius 1 is 0.417 bits per heavy atom. The molecule has 0 N–H and O–H groups in total. The van der Waals surface area contributed by atoms with Crippen LogP contribution in [0.4, 0.5) is 0 Å². The maximum Gasteiger partial charge on any atom is 0.105 e. The summed E-state index contributed by atoms with van der Waals surface area (Å²) in [5.74, 6) is 0. The van der Waals surface area contributed by atoms with Crippen molar-refractivity contribution in [2.24, 2.45) is 0 Å². The molecule has 0 amide bonds. The first-order valence-corrected chi connectivity index (χ1v) is 15.2. The van der Waals surface area contributed by atoms with Crippen LogP contribution in [0.15, 0.2) is 60.7 Å². The third kappa shape index (κ3) is 15.4. The number of benzene rings is 2. The van der Waals surface area contributed by atoms with Crippen LogP contribution >= 0.6 is 0 Å². The van der Waals surface area contributed by atoms with Crippen molar-refractivity contribution in [1.29, 1.82) is 0 Å². The van der Waals surface area contributed by atoms with E-state index in [0.29, 0.717) is 0 Å². The van der Waals surface area contributed by atoms with Gasteiger partial charge in [0.05, 0.1) is 13.1 Å². The minimum absolute atomic E-state index is 0. The summed E-state index contributed by atoms with van der Waals surface area (Å²) in [5.41, 5.74) is 3.00. The van der Waals surface area contributed by atoms with Gasteiger partial charge < -0.3 is 28.5 Å². The molecule has 2 rings (SSSR count). The highest BCUT2D eigenvalue weighted by atomic mass is 127. The lowest BCUT2D eigenvalue weighted by molar-refractivity contribution is -0.954. The molecule has 0 aliphatic rings. The molecule has 0 aliphatic heterocycles. The van der Waals surface area contributed by atoms with E-state index in [9.17, 15) is 0 Å². The van der Waals surface area contributed by atoms with E-state index in [-0.39, 0.29) is 24.0 Å². The Morgan fingerprint density at radius 3 is 1.06 bits per heavy atom. The Kier molecular flexibility index (Phi) is 20.4. The number of hydrogen-bond donors (Lipinski definition) is 0. The van der Waals surface area contributed by atoms with Gasteiger partial charge in [0.15, 0.2) is 0 Å². The van der Waals surface area contributed by atoms with Crippen LogP contribution in [0, 0.1) is 0 Å². The fourth-order valence-electron chi connectivity index (χ4n) is 5.59. The van der Waals surface area contributed by atoms with Crippen molar-refractivity contribution in [2.75, 3.05) is 13.1 Å². The Hall–Kier alpha value is -0.870. The Morgan fingerprint density at radius 2 is 0.722 bits per heavy atom. The van der Waals surface area contributed by atoms with Crippen molar-refractivity contribution in [3.8, 4) is 0 Å². The molecule has 0 atom stereocenters. The summed E-state index contributed by atoms with van der Waals surface area (Å²) < 4.78 is 1.22. The van der Waals surface area contributed by atoms with E-state index in [0.717, 1.165) is 0 Å². The molecular weight excluding hydrogens is 549 g/mol. The summed E-state index contributed by atoms with van der Waals surface area (Å²) in [5, 5.41) is 0. The second kappa shape index (κ2) is 22.1. The summed E-state index contributed by atoms with van der Waals surface area (Å²) >= 11 is 0. The van der Waals surface area contributed by atoms with E-state index < -0.39 is 0 Å². The van der Waals surface area contributed by atoms with Crippen LogP contribution < -0.4 is 24.0 Å². The standard InChI is InChI=1S/C34H56N.HI/c1-3-5-7-9-11-13-15-23-29-35(31-33-25-19-17-20-26-33,32-34-27-21-18-22-28-34)30-24-16-14-12-10-8-6-4-2;/h17-22,25-28H,3-16,23-24,29-32H2,1-2H3;1H/q+1;/p-1. The molecule has 2 heteroatoms. The summed E-state index contributed by atoms with van der Waals surface area (Å²) in [4.78, 5) is 0. The molecule has 0 fully saturated rings. The van der Waals surface area contributed by atoms with Crippen LogP contribution in [0.5, 0.6) is 0 Å². The second-order valence-electron chi connectivity index (χ2n) is 11.0. The molecule has 0 saturated heterocycles. The molecule has 0 heterocycles. The second-order valence-corrected chi connectivity index (χ2v) is 11.0. The summed E-state index contributed by atoms with van der Waals surface area (Å²) in [6, 6.07) is 22.6. The number of unbranched alkanes of at least 4 members (excludes halogenated alkanes) is 14. The van der Waals surface area contributed by atoms with Crippen LogP contribution in [0.25, 0.3) is 0 Å². The molecule has 0 aromatic heterocycles. The van der Waals surface area contributed by atoms with E-state index in [1.54, 1.807) is 0 Å². The summed E-state index contributed by atoms with van der Waals surface area (Å²) in [6.07, 6.45) is 22.4. The van der Waals surface area contributed by atoms with Crippen LogP contribution in [-0.4, -0.2) is 17.6 Å². The third-order valence-corrected chi connectivity index (χ3v) is 7.69. The first-order valence-electron chi connectivity index (χ1n) is 15.2. The Balaban J connectivity index is 0.00000648. The van der Waals surface area contributed by atoms with Gasteiger partial charge in [-0.05, 0) is 25.7 Å². The number of halogens is 1. The van der Waals surface area contributed by atoms with Crippen molar-refractivity contribution in [3.63, 3.8) is 0 Å². The molecular formula is C34H56IN. The molecule has 36 heavy (non-hydrogen) atoms. The zero-order chi connectivity index (χ0) is 24.9. The van der Waals surface area contributed by atoms with Gasteiger partial charge in [0, 0.05) is 11.1 Å². The number of rotatable bonds is 22. The van der Waals surface area contributed by atoms with Gasteiger partial charge in [0.25, 0.3) is 0 Å². The van der Waals surface area contributed by atoms with E-state index >= 15 is 0 Å². The molecule has 0 spiro atoms. The predicted molar refractivity (Wildman–Crippen MR) is 156 cm³/mol. The van der Waals surface area contributed by atoms with Crippen molar-refractivity contribution in [1.82, 2.24) is 0 Å². The molecule has 0 saturated carbocycles. The zero-order valence-electron chi connectivity index (χ0n) is 23.7. The van der Waals surface area contributed by atoms with Gasteiger partial charge in [-0.25, -0.2) is 0 Å². The Labute approximate surface area is 242 Å². The van der Waals surface area contributed by atoms with Gasteiger partial charge in [-0.15, -0.1) is 0 Å². The normalized spacial score (nSPS) is 11.4. The molecule has 0 bridgehead atoms. The smallest absolute Gasteiger partial charge is 0.105 e. The molecule has 2 aromatic rings. The van der Waals surface area contributed by atoms with Crippen LogP contribution in [0.1, 0.15) is 128 Å². The first kappa shape index (κ1) is 33.2. The van der Waals surface area contributed by atoms with Gasteiger partial charge in [0.2, 0.25) is 0 Å². The SMILES string of the molecule is CCCCCCCCCC[N+](CCCCCCCCCC)(Cc1ccccc1)Cc1ccccc1.[I-]. The predicted octanol–water partition coefficient (Wildman–Crippen LogP) is 7.49. The van der Waals surface area contributed by atoms with Gasteiger partial charge in [-0.2, -0.15) is 0 Å². The van der Waals surface area contributed by atoms with E-state index in [1.807, 2.05) is 0 Å². The Bertz CT molecular complexity index is 651.